The van der Waals surface area contributed by atoms with Crippen molar-refractivity contribution >= 4 is 16.7 Å². The maximum atomic E-state index is 5.36. The summed E-state index contributed by atoms with van der Waals surface area (Å²) in [6.07, 6.45) is 2.30. The van der Waals surface area contributed by atoms with Crippen LogP contribution in [-0.4, -0.2) is 28.6 Å². The third-order valence-electron chi connectivity index (χ3n) is 2.02. The molecule has 1 fully saturated rings. The molecule has 0 saturated carbocycles. The van der Waals surface area contributed by atoms with Gasteiger partial charge in [-0.1, -0.05) is 0 Å². The van der Waals surface area contributed by atoms with Crippen LogP contribution in [0.4, 0.5) is 5.13 Å². The molecular weight excluding hydrogens is 186 g/mol. The molecule has 13 heavy (non-hydrogen) atoms. The SMILES string of the molecule is Cc1nsc(N[C@H]2CCCOC2)n1. The quantitative estimate of drug-likeness (QED) is 0.783. The molecule has 1 aromatic rings. The second-order valence-electron chi connectivity index (χ2n) is 3.21. The van der Waals surface area contributed by atoms with Gasteiger partial charge in [-0.05, 0) is 19.8 Å². The molecular formula is C8H13N3OS. The molecule has 1 N–H and O–H groups in total. The molecule has 1 aromatic heterocycles. The molecule has 0 bridgehead atoms. The minimum absolute atomic E-state index is 0.418. The Labute approximate surface area is 81.5 Å². The van der Waals surface area contributed by atoms with Crippen LogP contribution in [0.2, 0.25) is 0 Å². The summed E-state index contributed by atoms with van der Waals surface area (Å²) in [5, 5.41) is 4.23. The van der Waals surface area contributed by atoms with Gasteiger partial charge in [-0.3, -0.25) is 0 Å². The van der Waals surface area contributed by atoms with E-state index >= 15 is 0 Å². The maximum Gasteiger partial charge on any atom is 0.202 e. The molecule has 2 heterocycles. The van der Waals surface area contributed by atoms with E-state index in [0.29, 0.717) is 6.04 Å². The number of hydrogen-bond donors (Lipinski definition) is 1. The zero-order valence-electron chi connectivity index (χ0n) is 7.62. The van der Waals surface area contributed by atoms with Crippen LogP contribution in [0.25, 0.3) is 0 Å². The Kier molecular flexibility index (Phi) is 2.75. The molecule has 1 aliphatic heterocycles. The van der Waals surface area contributed by atoms with E-state index in [9.17, 15) is 0 Å². The van der Waals surface area contributed by atoms with E-state index in [1.807, 2.05) is 6.92 Å². The molecule has 0 radical (unpaired) electrons. The van der Waals surface area contributed by atoms with E-state index in [-0.39, 0.29) is 0 Å². The fourth-order valence-corrected chi connectivity index (χ4v) is 2.04. The number of ether oxygens (including phenoxy) is 1. The van der Waals surface area contributed by atoms with Crippen molar-refractivity contribution in [2.45, 2.75) is 25.8 Å². The molecule has 72 valence electrons. The molecule has 0 unspecified atom stereocenters. The first-order chi connectivity index (χ1) is 6.34. The standard InChI is InChI=1S/C8H13N3OS/c1-6-9-8(13-11-6)10-7-3-2-4-12-5-7/h7H,2-5H2,1H3,(H,9,10,11)/t7-/m0/s1. The van der Waals surface area contributed by atoms with Crippen molar-refractivity contribution in [3.63, 3.8) is 0 Å². The summed E-state index contributed by atoms with van der Waals surface area (Å²) < 4.78 is 9.46. The van der Waals surface area contributed by atoms with Crippen molar-refractivity contribution in [3.8, 4) is 0 Å². The number of anilines is 1. The largest absolute Gasteiger partial charge is 0.379 e. The number of hydrogen-bond acceptors (Lipinski definition) is 5. The predicted octanol–water partition coefficient (Wildman–Crippen LogP) is 1.44. The molecule has 0 aromatic carbocycles. The summed E-state index contributed by atoms with van der Waals surface area (Å²) in [5.74, 6) is 0.837. The van der Waals surface area contributed by atoms with E-state index in [1.54, 1.807) is 0 Å². The lowest BCUT2D eigenvalue weighted by Crippen LogP contribution is -2.29. The normalized spacial score (nSPS) is 23.0. The van der Waals surface area contributed by atoms with Crippen molar-refractivity contribution in [1.82, 2.24) is 9.36 Å². The summed E-state index contributed by atoms with van der Waals surface area (Å²) in [4.78, 5) is 4.25. The first-order valence-electron chi connectivity index (χ1n) is 4.49. The Morgan fingerprint density at radius 1 is 1.62 bits per heavy atom. The highest BCUT2D eigenvalue weighted by atomic mass is 32.1. The molecule has 1 aliphatic rings. The number of rotatable bonds is 2. The molecule has 5 heteroatoms. The van der Waals surface area contributed by atoms with Crippen LogP contribution in [0.15, 0.2) is 0 Å². The third-order valence-corrected chi connectivity index (χ3v) is 2.75. The van der Waals surface area contributed by atoms with Crippen LogP contribution in [0.3, 0.4) is 0 Å². The van der Waals surface area contributed by atoms with Crippen molar-refractivity contribution in [2.24, 2.45) is 0 Å². The van der Waals surface area contributed by atoms with Gasteiger partial charge in [0, 0.05) is 18.1 Å². The Morgan fingerprint density at radius 2 is 2.54 bits per heavy atom. The lowest BCUT2D eigenvalue weighted by Gasteiger charge is -2.22. The summed E-state index contributed by atoms with van der Waals surface area (Å²) in [7, 11) is 0. The van der Waals surface area contributed by atoms with Gasteiger partial charge >= 0.3 is 0 Å². The zero-order chi connectivity index (χ0) is 9.10. The fourth-order valence-electron chi connectivity index (χ4n) is 1.38. The summed E-state index contributed by atoms with van der Waals surface area (Å²) in [6, 6.07) is 0.418. The van der Waals surface area contributed by atoms with Gasteiger partial charge in [0.05, 0.1) is 12.6 Å². The summed E-state index contributed by atoms with van der Waals surface area (Å²) in [5.41, 5.74) is 0. The maximum absolute atomic E-state index is 5.36. The average Bonchev–Trinajstić information content (AvgIpc) is 2.53. The van der Waals surface area contributed by atoms with Crippen molar-refractivity contribution in [1.29, 1.82) is 0 Å². The second kappa shape index (κ2) is 4.02. The molecule has 0 spiro atoms. The van der Waals surface area contributed by atoms with Crippen LogP contribution in [0, 0.1) is 6.92 Å². The zero-order valence-corrected chi connectivity index (χ0v) is 8.43. The molecule has 4 nitrogen and oxygen atoms in total. The molecule has 1 saturated heterocycles. The number of nitrogens with zero attached hydrogens (tertiary/aromatic N) is 2. The van der Waals surface area contributed by atoms with Crippen molar-refractivity contribution in [3.05, 3.63) is 5.82 Å². The topological polar surface area (TPSA) is 47.0 Å². The number of nitrogens with one attached hydrogen (secondary N) is 1. The third kappa shape index (κ3) is 2.38. The molecule has 0 aliphatic carbocycles. The Hall–Kier alpha value is -0.680. The highest BCUT2D eigenvalue weighted by molar-refractivity contribution is 7.09. The highest BCUT2D eigenvalue weighted by Gasteiger charge is 2.14. The smallest absolute Gasteiger partial charge is 0.202 e. The lowest BCUT2D eigenvalue weighted by atomic mass is 10.1. The van der Waals surface area contributed by atoms with Crippen LogP contribution in [0.1, 0.15) is 18.7 Å². The van der Waals surface area contributed by atoms with Gasteiger partial charge in [0.25, 0.3) is 0 Å². The fraction of sp³-hybridized carbons (Fsp3) is 0.750. The molecule has 2 rings (SSSR count). The van der Waals surface area contributed by atoms with Gasteiger partial charge in [0.1, 0.15) is 5.82 Å². The van der Waals surface area contributed by atoms with Gasteiger partial charge in [-0.25, -0.2) is 4.98 Å². The molecule has 1 atom stereocenters. The highest BCUT2D eigenvalue weighted by Crippen LogP contribution is 2.15. The molecule has 0 amide bonds. The van der Waals surface area contributed by atoms with E-state index in [2.05, 4.69) is 14.7 Å². The van der Waals surface area contributed by atoms with Crippen LogP contribution < -0.4 is 5.32 Å². The van der Waals surface area contributed by atoms with E-state index in [0.717, 1.165) is 30.6 Å². The average molecular weight is 199 g/mol. The van der Waals surface area contributed by atoms with Gasteiger partial charge in [0.15, 0.2) is 0 Å². The first kappa shape index (κ1) is 8.90. The van der Waals surface area contributed by atoms with Crippen molar-refractivity contribution < 1.29 is 4.74 Å². The lowest BCUT2D eigenvalue weighted by molar-refractivity contribution is 0.0876. The van der Waals surface area contributed by atoms with Crippen LogP contribution in [-0.2, 0) is 4.74 Å². The minimum atomic E-state index is 0.418. The summed E-state index contributed by atoms with van der Waals surface area (Å²) in [6.45, 7) is 3.59. The second-order valence-corrected chi connectivity index (χ2v) is 3.96. The number of aryl methyl sites for hydroxylation is 1. The van der Waals surface area contributed by atoms with Crippen LogP contribution in [0.5, 0.6) is 0 Å². The summed E-state index contributed by atoms with van der Waals surface area (Å²) >= 11 is 1.42. The first-order valence-corrected chi connectivity index (χ1v) is 5.26. The Balaban J connectivity index is 1.89. The van der Waals surface area contributed by atoms with Gasteiger partial charge in [0.2, 0.25) is 5.13 Å². The van der Waals surface area contributed by atoms with E-state index in [4.69, 9.17) is 4.74 Å². The van der Waals surface area contributed by atoms with Gasteiger partial charge < -0.3 is 10.1 Å². The van der Waals surface area contributed by atoms with E-state index < -0.39 is 0 Å². The van der Waals surface area contributed by atoms with Gasteiger partial charge in [-0.2, -0.15) is 4.37 Å². The van der Waals surface area contributed by atoms with Gasteiger partial charge in [-0.15, -0.1) is 0 Å². The Bertz CT molecular complexity index is 270. The predicted molar refractivity (Wildman–Crippen MR) is 52.1 cm³/mol. The Morgan fingerprint density at radius 3 is 3.15 bits per heavy atom. The van der Waals surface area contributed by atoms with E-state index in [1.165, 1.54) is 18.0 Å². The monoisotopic (exact) mass is 199 g/mol. The number of aromatic nitrogens is 2. The minimum Gasteiger partial charge on any atom is -0.379 e. The van der Waals surface area contributed by atoms with Crippen molar-refractivity contribution in [2.75, 3.05) is 18.5 Å². The van der Waals surface area contributed by atoms with Crippen LogP contribution >= 0.6 is 11.5 Å².